The second kappa shape index (κ2) is 5.88. The zero-order chi connectivity index (χ0) is 13.9. The molecule has 2 rings (SSSR count). The molecule has 0 amide bonds. The van der Waals surface area contributed by atoms with Gasteiger partial charge in [0, 0.05) is 42.8 Å². The highest BCUT2D eigenvalue weighted by atomic mass is 16.5. The third-order valence-electron chi connectivity index (χ3n) is 3.43. The summed E-state index contributed by atoms with van der Waals surface area (Å²) in [6.45, 7) is 13.0. The number of ether oxygens (including phenoxy) is 1. The van der Waals surface area contributed by atoms with Crippen molar-refractivity contribution in [3.8, 4) is 0 Å². The highest BCUT2D eigenvalue weighted by molar-refractivity contribution is 5.54. The summed E-state index contributed by atoms with van der Waals surface area (Å²) in [5.41, 5.74) is 3.56. The van der Waals surface area contributed by atoms with E-state index in [9.17, 15) is 0 Å². The molecule has 1 aliphatic heterocycles. The van der Waals surface area contributed by atoms with Crippen LogP contribution in [0.15, 0.2) is 12.3 Å². The van der Waals surface area contributed by atoms with Crippen molar-refractivity contribution < 1.29 is 4.74 Å². The van der Waals surface area contributed by atoms with Crippen LogP contribution in [0.2, 0.25) is 0 Å². The number of aryl methyl sites for hydroxylation is 1. The van der Waals surface area contributed by atoms with Gasteiger partial charge in [-0.25, -0.2) is 0 Å². The lowest BCUT2D eigenvalue weighted by Gasteiger charge is -2.40. The Morgan fingerprint density at radius 1 is 1.47 bits per heavy atom. The SMILES string of the molecule is CCNCc1cnc(C)cc1N1CCOC(C)(C)C1. The number of nitrogens with zero attached hydrogens (tertiary/aromatic N) is 2. The Hall–Kier alpha value is -1.13. The van der Waals surface area contributed by atoms with E-state index >= 15 is 0 Å². The molecule has 0 bridgehead atoms. The predicted octanol–water partition coefficient (Wildman–Crippen LogP) is 2.11. The number of hydrogen-bond acceptors (Lipinski definition) is 4. The average molecular weight is 263 g/mol. The van der Waals surface area contributed by atoms with E-state index in [0.717, 1.165) is 38.5 Å². The quantitative estimate of drug-likeness (QED) is 0.903. The van der Waals surface area contributed by atoms with Crippen molar-refractivity contribution >= 4 is 5.69 Å². The standard InChI is InChI=1S/C15H25N3O/c1-5-16-9-13-10-17-12(2)8-14(13)18-6-7-19-15(3,4)11-18/h8,10,16H,5-7,9,11H2,1-4H3. The van der Waals surface area contributed by atoms with Gasteiger partial charge in [-0.05, 0) is 33.4 Å². The molecule has 1 saturated heterocycles. The van der Waals surface area contributed by atoms with Crippen LogP contribution in [-0.4, -0.2) is 36.8 Å². The summed E-state index contributed by atoms with van der Waals surface area (Å²) in [5, 5.41) is 3.39. The van der Waals surface area contributed by atoms with E-state index in [1.165, 1.54) is 11.3 Å². The zero-order valence-corrected chi connectivity index (χ0v) is 12.5. The maximum atomic E-state index is 5.80. The lowest BCUT2D eigenvalue weighted by molar-refractivity contribution is -0.0277. The van der Waals surface area contributed by atoms with E-state index < -0.39 is 0 Å². The minimum Gasteiger partial charge on any atom is -0.372 e. The molecule has 4 nitrogen and oxygen atoms in total. The molecule has 0 atom stereocenters. The van der Waals surface area contributed by atoms with Gasteiger partial charge < -0.3 is 15.0 Å². The molecule has 0 saturated carbocycles. The summed E-state index contributed by atoms with van der Waals surface area (Å²) in [6.07, 6.45) is 2.00. The second-order valence-corrected chi connectivity index (χ2v) is 5.76. The fourth-order valence-corrected chi connectivity index (χ4v) is 2.49. The van der Waals surface area contributed by atoms with Crippen molar-refractivity contribution in [3.63, 3.8) is 0 Å². The van der Waals surface area contributed by atoms with Gasteiger partial charge in [-0.3, -0.25) is 4.98 Å². The predicted molar refractivity (Wildman–Crippen MR) is 78.6 cm³/mol. The van der Waals surface area contributed by atoms with Crippen molar-refractivity contribution in [2.45, 2.75) is 39.8 Å². The molecule has 1 N–H and O–H groups in total. The number of morpholine rings is 1. The molecule has 0 spiro atoms. The minimum absolute atomic E-state index is 0.0785. The minimum atomic E-state index is -0.0785. The van der Waals surface area contributed by atoms with Crippen LogP contribution in [0.5, 0.6) is 0 Å². The first-order chi connectivity index (χ1) is 9.02. The van der Waals surface area contributed by atoms with Crippen LogP contribution in [0.3, 0.4) is 0 Å². The van der Waals surface area contributed by atoms with E-state index in [1.54, 1.807) is 0 Å². The van der Waals surface area contributed by atoms with Crippen molar-refractivity contribution in [3.05, 3.63) is 23.5 Å². The summed E-state index contributed by atoms with van der Waals surface area (Å²) >= 11 is 0. The van der Waals surface area contributed by atoms with Crippen molar-refractivity contribution in [1.82, 2.24) is 10.3 Å². The molecule has 0 unspecified atom stereocenters. The first-order valence-corrected chi connectivity index (χ1v) is 7.07. The summed E-state index contributed by atoms with van der Waals surface area (Å²) in [7, 11) is 0. The van der Waals surface area contributed by atoms with Gasteiger partial charge in [0.2, 0.25) is 0 Å². The van der Waals surface area contributed by atoms with Crippen LogP contribution in [0.4, 0.5) is 5.69 Å². The monoisotopic (exact) mass is 263 g/mol. The highest BCUT2D eigenvalue weighted by Crippen LogP contribution is 2.26. The molecule has 19 heavy (non-hydrogen) atoms. The van der Waals surface area contributed by atoms with Gasteiger partial charge in [-0.1, -0.05) is 6.92 Å². The van der Waals surface area contributed by atoms with E-state index in [1.807, 2.05) is 13.1 Å². The Balaban J connectivity index is 2.23. The largest absolute Gasteiger partial charge is 0.372 e. The molecule has 1 aliphatic rings. The normalized spacial score (nSPS) is 18.6. The molecule has 1 aromatic rings. The first kappa shape index (κ1) is 14.3. The van der Waals surface area contributed by atoms with E-state index in [-0.39, 0.29) is 5.60 Å². The molecular weight excluding hydrogens is 238 g/mol. The van der Waals surface area contributed by atoms with Crippen LogP contribution in [-0.2, 0) is 11.3 Å². The lowest BCUT2D eigenvalue weighted by Crippen LogP contribution is -2.48. The Morgan fingerprint density at radius 3 is 2.95 bits per heavy atom. The van der Waals surface area contributed by atoms with Crippen molar-refractivity contribution in [2.24, 2.45) is 0 Å². The summed E-state index contributed by atoms with van der Waals surface area (Å²) < 4.78 is 5.80. The smallest absolute Gasteiger partial charge is 0.0801 e. The van der Waals surface area contributed by atoms with Gasteiger partial charge in [0.25, 0.3) is 0 Å². The Morgan fingerprint density at radius 2 is 2.26 bits per heavy atom. The first-order valence-electron chi connectivity index (χ1n) is 7.07. The maximum absolute atomic E-state index is 5.80. The van der Waals surface area contributed by atoms with Crippen LogP contribution in [0.1, 0.15) is 32.0 Å². The number of aromatic nitrogens is 1. The van der Waals surface area contributed by atoms with Crippen molar-refractivity contribution in [1.29, 1.82) is 0 Å². The Kier molecular flexibility index (Phi) is 4.42. The Labute approximate surface area is 116 Å². The molecule has 1 fully saturated rings. The van der Waals surface area contributed by atoms with Gasteiger partial charge in [0.15, 0.2) is 0 Å². The fraction of sp³-hybridized carbons (Fsp3) is 0.667. The highest BCUT2D eigenvalue weighted by Gasteiger charge is 2.28. The van der Waals surface area contributed by atoms with Gasteiger partial charge in [-0.2, -0.15) is 0 Å². The zero-order valence-electron chi connectivity index (χ0n) is 12.5. The topological polar surface area (TPSA) is 37.4 Å². The van der Waals surface area contributed by atoms with Gasteiger partial charge in [0.05, 0.1) is 12.2 Å². The molecule has 2 heterocycles. The van der Waals surface area contributed by atoms with Gasteiger partial charge >= 0.3 is 0 Å². The van der Waals surface area contributed by atoms with Crippen molar-refractivity contribution in [2.75, 3.05) is 31.1 Å². The molecular formula is C15H25N3O. The van der Waals surface area contributed by atoms with E-state index in [2.05, 4.69) is 42.0 Å². The Bertz CT molecular complexity index is 431. The number of anilines is 1. The average Bonchev–Trinajstić information content (AvgIpc) is 2.36. The lowest BCUT2D eigenvalue weighted by atomic mass is 10.1. The number of rotatable bonds is 4. The van der Waals surface area contributed by atoms with Gasteiger partial charge in [-0.15, -0.1) is 0 Å². The summed E-state index contributed by atoms with van der Waals surface area (Å²) in [6, 6.07) is 2.19. The molecule has 4 heteroatoms. The summed E-state index contributed by atoms with van der Waals surface area (Å²) in [5.74, 6) is 0. The third kappa shape index (κ3) is 3.67. The molecule has 106 valence electrons. The maximum Gasteiger partial charge on any atom is 0.0801 e. The molecule has 1 aromatic heterocycles. The van der Waals surface area contributed by atoms with Gasteiger partial charge in [0.1, 0.15) is 0 Å². The number of nitrogens with one attached hydrogen (secondary N) is 1. The van der Waals surface area contributed by atoms with Crippen LogP contribution in [0, 0.1) is 6.92 Å². The number of hydrogen-bond donors (Lipinski definition) is 1. The van der Waals surface area contributed by atoms with E-state index in [4.69, 9.17) is 4.74 Å². The fourth-order valence-electron chi connectivity index (χ4n) is 2.49. The van der Waals surface area contributed by atoms with Crippen LogP contribution in [0.25, 0.3) is 0 Å². The van der Waals surface area contributed by atoms with E-state index in [0.29, 0.717) is 0 Å². The molecule has 0 radical (unpaired) electrons. The third-order valence-corrected chi connectivity index (χ3v) is 3.43. The van der Waals surface area contributed by atoms with Crippen LogP contribution >= 0.6 is 0 Å². The second-order valence-electron chi connectivity index (χ2n) is 5.76. The number of pyridine rings is 1. The van der Waals surface area contributed by atoms with Crippen LogP contribution < -0.4 is 10.2 Å². The summed E-state index contributed by atoms with van der Waals surface area (Å²) in [4.78, 5) is 6.85. The molecule has 0 aliphatic carbocycles. The molecule has 0 aromatic carbocycles.